The van der Waals surface area contributed by atoms with E-state index in [0.717, 1.165) is 25.9 Å². The van der Waals surface area contributed by atoms with Crippen molar-refractivity contribution >= 4 is 34.9 Å². The molecule has 0 radical (unpaired) electrons. The lowest BCUT2D eigenvalue weighted by atomic mass is 10.1. The number of rotatable bonds is 6. The smallest absolute Gasteiger partial charge is 0.321 e. The molecule has 0 aromatic heterocycles. The molecule has 0 aliphatic carbocycles. The second kappa shape index (κ2) is 10.9. The zero-order valence-corrected chi connectivity index (χ0v) is 18.6. The maximum absolute atomic E-state index is 12.7. The van der Waals surface area contributed by atoms with Crippen LogP contribution in [0.4, 0.5) is 16.2 Å². The van der Waals surface area contributed by atoms with E-state index in [0.29, 0.717) is 40.1 Å². The van der Waals surface area contributed by atoms with Gasteiger partial charge in [0.25, 0.3) is 5.91 Å². The summed E-state index contributed by atoms with van der Waals surface area (Å²) in [6.07, 6.45) is 4.42. The zero-order chi connectivity index (χ0) is 22.2. The fourth-order valence-electron chi connectivity index (χ4n) is 3.45. The minimum atomic E-state index is -0.329. The number of nitrogens with zero attached hydrogens (tertiary/aromatic N) is 1. The van der Waals surface area contributed by atoms with Crippen LogP contribution in [0.15, 0.2) is 36.4 Å². The lowest BCUT2D eigenvalue weighted by Crippen LogP contribution is -2.35. The summed E-state index contributed by atoms with van der Waals surface area (Å²) in [5.41, 5.74) is 1.63. The van der Waals surface area contributed by atoms with Gasteiger partial charge in [0.05, 0.1) is 18.7 Å². The molecule has 3 amide bonds. The van der Waals surface area contributed by atoms with Gasteiger partial charge in [-0.3, -0.25) is 4.79 Å². The lowest BCUT2D eigenvalue weighted by molar-refractivity contribution is 0.102. The van der Waals surface area contributed by atoms with E-state index >= 15 is 0 Å². The van der Waals surface area contributed by atoms with Gasteiger partial charge in [-0.1, -0.05) is 24.4 Å². The van der Waals surface area contributed by atoms with Crippen molar-refractivity contribution in [2.75, 3.05) is 37.4 Å². The second-order valence-corrected chi connectivity index (χ2v) is 7.69. The highest BCUT2D eigenvalue weighted by molar-refractivity contribution is 6.32. The Morgan fingerprint density at radius 2 is 1.61 bits per heavy atom. The Morgan fingerprint density at radius 3 is 2.19 bits per heavy atom. The monoisotopic (exact) mass is 445 g/mol. The van der Waals surface area contributed by atoms with Crippen LogP contribution in [0, 0.1) is 0 Å². The van der Waals surface area contributed by atoms with Gasteiger partial charge in [-0.15, -0.1) is 0 Å². The average Bonchev–Trinajstić information content (AvgIpc) is 3.06. The molecule has 1 aliphatic rings. The van der Waals surface area contributed by atoms with Crippen LogP contribution in [0.5, 0.6) is 11.5 Å². The highest BCUT2D eigenvalue weighted by Gasteiger charge is 2.17. The van der Waals surface area contributed by atoms with Crippen molar-refractivity contribution in [3.05, 3.63) is 47.0 Å². The Hall–Kier alpha value is -2.93. The Morgan fingerprint density at radius 1 is 1.00 bits per heavy atom. The lowest BCUT2D eigenvalue weighted by Gasteiger charge is -2.20. The van der Waals surface area contributed by atoms with Gasteiger partial charge < -0.3 is 25.0 Å². The van der Waals surface area contributed by atoms with E-state index in [4.69, 9.17) is 21.1 Å². The maximum atomic E-state index is 12.7. The first-order valence-electron chi connectivity index (χ1n) is 10.5. The van der Waals surface area contributed by atoms with Gasteiger partial charge in [0, 0.05) is 30.0 Å². The summed E-state index contributed by atoms with van der Waals surface area (Å²) in [5.74, 6) is 0.475. The van der Waals surface area contributed by atoms with Crippen molar-refractivity contribution in [2.24, 2.45) is 0 Å². The molecule has 1 heterocycles. The highest BCUT2D eigenvalue weighted by Crippen LogP contribution is 2.36. The van der Waals surface area contributed by atoms with E-state index in [1.165, 1.54) is 20.0 Å². The fourth-order valence-corrected chi connectivity index (χ4v) is 3.72. The number of methoxy groups -OCH3 is 1. The van der Waals surface area contributed by atoms with Crippen molar-refractivity contribution < 1.29 is 19.1 Å². The van der Waals surface area contributed by atoms with Gasteiger partial charge in [0.1, 0.15) is 0 Å². The Balaban J connectivity index is 1.63. The molecule has 2 N–H and O–H groups in total. The summed E-state index contributed by atoms with van der Waals surface area (Å²) in [5, 5.41) is 6.05. The molecule has 166 valence electrons. The molecule has 1 aliphatic heterocycles. The Bertz CT molecular complexity index is 910. The number of hydrogen-bond donors (Lipinski definition) is 2. The van der Waals surface area contributed by atoms with Crippen LogP contribution in [0.2, 0.25) is 5.02 Å². The summed E-state index contributed by atoms with van der Waals surface area (Å²) in [6.45, 7) is 3.85. The number of nitrogens with one attached hydrogen (secondary N) is 2. The zero-order valence-electron chi connectivity index (χ0n) is 17.9. The number of carbonyl (C=O) groups is 2. The number of amides is 3. The van der Waals surface area contributed by atoms with Crippen LogP contribution in [0.3, 0.4) is 0 Å². The Labute approximate surface area is 187 Å². The van der Waals surface area contributed by atoms with Gasteiger partial charge in [-0.2, -0.15) is 0 Å². The molecule has 0 saturated carbocycles. The molecular formula is C23H28ClN3O4. The molecule has 8 heteroatoms. The minimum absolute atomic E-state index is 0.0881. The van der Waals surface area contributed by atoms with Crippen LogP contribution in [0.25, 0.3) is 0 Å². The third-order valence-corrected chi connectivity index (χ3v) is 5.35. The van der Waals surface area contributed by atoms with Gasteiger partial charge in [0.15, 0.2) is 11.5 Å². The van der Waals surface area contributed by atoms with Crippen molar-refractivity contribution in [2.45, 2.75) is 32.6 Å². The maximum Gasteiger partial charge on any atom is 0.321 e. The van der Waals surface area contributed by atoms with Gasteiger partial charge >= 0.3 is 6.03 Å². The van der Waals surface area contributed by atoms with Crippen LogP contribution >= 0.6 is 11.6 Å². The summed E-state index contributed by atoms with van der Waals surface area (Å²) >= 11 is 6.25. The van der Waals surface area contributed by atoms with E-state index < -0.39 is 0 Å². The number of halogens is 1. The molecule has 1 saturated heterocycles. The first-order valence-corrected chi connectivity index (χ1v) is 10.9. The summed E-state index contributed by atoms with van der Waals surface area (Å²) in [4.78, 5) is 27.0. The van der Waals surface area contributed by atoms with Crippen molar-refractivity contribution in [1.29, 1.82) is 0 Å². The first kappa shape index (κ1) is 22.7. The minimum Gasteiger partial charge on any atom is -0.493 e. The quantitative estimate of drug-likeness (QED) is 0.623. The third kappa shape index (κ3) is 6.04. The van der Waals surface area contributed by atoms with E-state index in [-0.39, 0.29) is 11.9 Å². The molecule has 31 heavy (non-hydrogen) atoms. The van der Waals surface area contributed by atoms with E-state index in [1.54, 1.807) is 36.4 Å². The number of anilines is 2. The number of carbonyl (C=O) groups excluding carboxylic acids is 2. The molecule has 1 fully saturated rings. The number of ether oxygens (including phenoxy) is 2. The number of likely N-dealkylation sites (tertiary alicyclic amines) is 1. The van der Waals surface area contributed by atoms with Crippen molar-refractivity contribution in [1.82, 2.24) is 4.90 Å². The van der Waals surface area contributed by atoms with Crippen LogP contribution < -0.4 is 20.1 Å². The summed E-state index contributed by atoms with van der Waals surface area (Å²) in [6, 6.07) is 10.0. The average molecular weight is 446 g/mol. The second-order valence-electron chi connectivity index (χ2n) is 7.29. The number of hydrogen-bond acceptors (Lipinski definition) is 4. The summed E-state index contributed by atoms with van der Waals surface area (Å²) < 4.78 is 10.8. The van der Waals surface area contributed by atoms with E-state index in [9.17, 15) is 9.59 Å². The molecule has 3 rings (SSSR count). The standard InChI is InChI=1S/C23H28ClN3O4/c1-3-31-21-19(24)14-16(15-20(21)30-2)22(28)25-17-8-10-18(11-9-17)26-23(29)27-12-6-4-5-7-13-27/h8-11,14-15H,3-7,12-13H2,1-2H3,(H,25,28)(H,26,29). The predicted molar refractivity (Wildman–Crippen MR) is 123 cm³/mol. The Kier molecular flexibility index (Phi) is 8.00. The molecule has 0 bridgehead atoms. The van der Waals surface area contributed by atoms with Crippen LogP contribution in [-0.2, 0) is 0 Å². The molecule has 2 aromatic rings. The van der Waals surface area contributed by atoms with Crippen molar-refractivity contribution in [3.8, 4) is 11.5 Å². The van der Waals surface area contributed by atoms with Crippen LogP contribution in [-0.4, -0.2) is 43.6 Å². The largest absolute Gasteiger partial charge is 0.493 e. The molecule has 0 spiro atoms. The van der Waals surface area contributed by atoms with Gasteiger partial charge in [-0.25, -0.2) is 4.79 Å². The fraction of sp³-hybridized carbons (Fsp3) is 0.391. The topological polar surface area (TPSA) is 79.9 Å². The SMILES string of the molecule is CCOc1c(Cl)cc(C(=O)Nc2ccc(NC(=O)N3CCCCCC3)cc2)cc1OC. The first-order chi connectivity index (χ1) is 15.0. The molecule has 0 unspecified atom stereocenters. The highest BCUT2D eigenvalue weighted by atomic mass is 35.5. The van der Waals surface area contributed by atoms with Crippen molar-refractivity contribution in [3.63, 3.8) is 0 Å². The number of benzene rings is 2. The van der Waals surface area contributed by atoms with E-state index in [2.05, 4.69) is 10.6 Å². The molecule has 2 aromatic carbocycles. The predicted octanol–water partition coefficient (Wildman–Crippen LogP) is 5.41. The third-order valence-electron chi connectivity index (χ3n) is 5.07. The summed E-state index contributed by atoms with van der Waals surface area (Å²) in [7, 11) is 1.49. The van der Waals surface area contributed by atoms with Gasteiger partial charge in [-0.05, 0) is 56.2 Å². The van der Waals surface area contributed by atoms with Crippen LogP contribution in [0.1, 0.15) is 43.0 Å². The molecule has 7 nitrogen and oxygen atoms in total. The van der Waals surface area contributed by atoms with Gasteiger partial charge in [0.2, 0.25) is 0 Å². The normalized spacial score (nSPS) is 13.8. The van der Waals surface area contributed by atoms with E-state index in [1.807, 2.05) is 11.8 Å². The molecular weight excluding hydrogens is 418 g/mol. The molecule has 0 atom stereocenters. The number of urea groups is 1.